The van der Waals surface area contributed by atoms with Crippen molar-refractivity contribution in [2.45, 2.75) is 19.8 Å². The van der Waals surface area contributed by atoms with Crippen LogP contribution in [0.1, 0.15) is 18.7 Å². The highest BCUT2D eigenvalue weighted by Gasteiger charge is 2.11. The minimum atomic E-state index is 0.756. The number of rotatable bonds is 7. The number of aromatic nitrogens is 2. The Morgan fingerprint density at radius 2 is 1.72 bits per heavy atom. The van der Waals surface area contributed by atoms with Crippen molar-refractivity contribution in [3.63, 3.8) is 0 Å². The summed E-state index contributed by atoms with van der Waals surface area (Å²) in [4.78, 5) is 13.5. The van der Waals surface area contributed by atoms with Gasteiger partial charge in [0, 0.05) is 43.6 Å². The summed E-state index contributed by atoms with van der Waals surface area (Å²) in [6.45, 7) is 6.07. The van der Waals surface area contributed by atoms with Gasteiger partial charge in [0.25, 0.3) is 0 Å². The van der Waals surface area contributed by atoms with Crippen molar-refractivity contribution in [1.29, 1.82) is 0 Å². The largest absolute Gasteiger partial charge is 0.372 e. The van der Waals surface area contributed by atoms with E-state index in [4.69, 9.17) is 0 Å². The molecule has 1 saturated heterocycles. The van der Waals surface area contributed by atoms with E-state index in [0.29, 0.717) is 0 Å². The van der Waals surface area contributed by atoms with E-state index in [1.165, 1.54) is 31.6 Å². The predicted molar refractivity (Wildman–Crippen MR) is 105 cm³/mol. The van der Waals surface area contributed by atoms with Gasteiger partial charge in [0.2, 0.25) is 0 Å². The quantitative estimate of drug-likeness (QED) is 0.808. The fourth-order valence-electron chi connectivity index (χ4n) is 3.01. The first-order chi connectivity index (χ1) is 12.1. The zero-order valence-corrected chi connectivity index (χ0v) is 15.4. The van der Waals surface area contributed by atoms with Crippen LogP contribution in [0, 0.1) is 6.92 Å². The van der Waals surface area contributed by atoms with Gasteiger partial charge in [-0.1, -0.05) is 0 Å². The molecule has 1 fully saturated rings. The van der Waals surface area contributed by atoms with Gasteiger partial charge in [0.05, 0.1) is 0 Å². The number of nitrogens with zero attached hydrogens (tertiary/aromatic N) is 4. The molecule has 0 saturated carbocycles. The molecule has 2 N–H and O–H groups in total. The first-order valence-electron chi connectivity index (χ1n) is 8.96. The molecular weight excluding hydrogens is 312 g/mol. The number of benzene rings is 1. The lowest BCUT2D eigenvalue weighted by Gasteiger charge is -2.18. The molecule has 6 heteroatoms. The standard InChI is InChI=1S/C19H28N6/c1-15-21-18(20-10-13-24(2)3)14-19(22-15)23-16-6-8-17(9-7-16)25-11-4-5-12-25/h6-9,14H,4-5,10-13H2,1-3H3,(H2,20,21,22,23). The van der Waals surface area contributed by atoms with Crippen LogP contribution < -0.4 is 15.5 Å². The van der Waals surface area contributed by atoms with Gasteiger partial charge in [0.15, 0.2) is 0 Å². The third kappa shape index (κ3) is 5.06. The van der Waals surface area contributed by atoms with E-state index in [9.17, 15) is 0 Å². The summed E-state index contributed by atoms with van der Waals surface area (Å²) in [5.74, 6) is 2.42. The fraction of sp³-hybridized carbons (Fsp3) is 0.474. The summed E-state index contributed by atoms with van der Waals surface area (Å²) in [6.07, 6.45) is 2.59. The Morgan fingerprint density at radius 1 is 1.04 bits per heavy atom. The second kappa shape index (κ2) is 8.16. The van der Waals surface area contributed by atoms with Crippen molar-refractivity contribution in [2.24, 2.45) is 0 Å². The molecule has 0 radical (unpaired) electrons. The van der Waals surface area contributed by atoms with Crippen molar-refractivity contribution >= 4 is 23.0 Å². The highest BCUT2D eigenvalue weighted by atomic mass is 15.1. The van der Waals surface area contributed by atoms with Crippen LogP contribution in [-0.4, -0.2) is 55.1 Å². The van der Waals surface area contributed by atoms with Crippen molar-refractivity contribution in [1.82, 2.24) is 14.9 Å². The van der Waals surface area contributed by atoms with Crippen LogP contribution in [-0.2, 0) is 0 Å². The maximum absolute atomic E-state index is 4.49. The third-order valence-corrected chi connectivity index (χ3v) is 4.31. The number of hydrogen-bond donors (Lipinski definition) is 2. The molecule has 6 nitrogen and oxygen atoms in total. The van der Waals surface area contributed by atoms with E-state index in [1.54, 1.807) is 0 Å². The van der Waals surface area contributed by atoms with Crippen molar-refractivity contribution in [2.75, 3.05) is 55.8 Å². The molecule has 0 unspecified atom stereocenters. The summed E-state index contributed by atoms with van der Waals surface area (Å²) in [5, 5.41) is 6.73. The molecule has 1 aliphatic rings. The van der Waals surface area contributed by atoms with Gasteiger partial charge in [-0.15, -0.1) is 0 Å². The van der Waals surface area contributed by atoms with Crippen LogP contribution in [0.2, 0.25) is 0 Å². The highest BCUT2D eigenvalue weighted by molar-refractivity contribution is 5.62. The Kier molecular flexibility index (Phi) is 5.71. The van der Waals surface area contributed by atoms with Gasteiger partial charge in [-0.25, -0.2) is 9.97 Å². The molecule has 2 heterocycles. The number of aryl methyl sites for hydroxylation is 1. The number of hydrogen-bond acceptors (Lipinski definition) is 6. The lowest BCUT2D eigenvalue weighted by Crippen LogP contribution is -2.21. The fourth-order valence-corrected chi connectivity index (χ4v) is 3.01. The highest BCUT2D eigenvalue weighted by Crippen LogP contribution is 2.24. The molecular formula is C19H28N6. The van der Waals surface area contributed by atoms with Gasteiger partial charge >= 0.3 is 0 Å². The van der Waals surface area contributed by atoms with E-state index < -0.39 is 0 Å². The Balaban J connectivity index is 1.64. The smallest absolute Gasteiger partial charge is 0.136 e. The molecule has 0 bridgehead atoms. The van der Waals surface area contributed by atoms with E-state index >= 15 is 0 Å². The average molecular weight is 340 g/mol. The van der Waals surface area contributed by atoms with Gasteiger partial charge in [-0.05, 0) is 58.1 Å². The van der Waals surface area contributed by atoms with Crippen LogP contribution >= 0.6 is 0 Å². The Hall–Kier alpha value is -2.34. The second-order valence-corrected chi connectivity index (χ2v) is 6.78. The molecule has 0 spiro atoms. The molecule has 134 valence electrons. The van der Waals surface area contributed by atoms with Crippen LogP contribution in [0.5, 0.6) is 0 Å². The molecule has 1 aromatic heterocycles. The zero-order chi connectivity index (χ0) is 17.6. The Bertz CT molecular complexity index is 677. The Labute approximate surface area is 150 Å². The van der Waals surface area contributed by atoms with Gasteiger partial charge in [-0.3, -0.25) is 0 Å². The summed E-state index contributed by atoms with van der Waals surface area (Å²) in [5.41, 5.74) is 2.34. The lowest BCUT2D eigenvalue weighted by molar-refractivity contribution is 0.425. The first kappa shape index (κ1) is 17.5. The zero-order valence-electron chi connectivity index (χ0n) is 15.4. The van der Waals surface area contributed by atoms with Gasteiger partial charge in [0.1, 0.15) is 17.5 Å². The van der Waals surface area contributed by atoms with Crippen LogP contribution in [0.15, 0.2) is 30.3 Å². The molecule has 1 aromatic carbocycles. The summed E-state index contributed by atoms with van der Waals surface area (Å²) >= 11 is 0. The van der Waals surface area contributed by atoms with Crippen molar-refractivity contribution < 1.29 is 0 Å². The average Bonchev–Trinajstić information content (AvgIpc) is 3.09. The van der Waals surface area contributed by atoms with Crippen LogP contribution in [0.4, 0.5) is 23.0 Å². The SMILES string of the molecule is Cc1nc(NCCN(C)C)cc(Nc2ccc(N3CCCC3)cc2)n1. The molecule has 0 aliphatic carbocycles. The Morgan fingerprint density at radius 3 is 2.40 bits per heavy atom. The minimum Gasteiger partial charge on any atom is -0.372 e. The number of likely N-dealkylation sites (N-methyl/N-ethyl adjacent to an activating group) is 1. The molecule has 3 rings (SSSR count). The maximum atomic E-state index is 4.49. The number of anilines is 4. The summed E-state index contributed by atoms with van der Waals surface area (Å²) in [6, 6.07) is 10.5. The van der Waals surface area contributed by atoms with E-state index in [2.05, 4.69) is 68.8 Å². The molecule has 1 aliphatic heterocycles. The second-order valence-electron chi connectivity index (χ2n) is 6.78. The minimum absolute atomic E-state index is 0.756. The van der Waals surface area contributed by atoms with E-state index in [1.807, 2.05) is 13.0 Å². The van der Waals surface area contributed by atoms with Crippen molar-refractivity contribution in [3.05, 3.63) is 36.2 Å². The monoisotopic (exact) mass is 340 g/mol. The van der Waals surface area contributed by atoms with E-state index in [0.717, 1.165) is 36.2 Å². The molecule has 25 heavy (non-hydrogen) atoms. The number of nitrogens with one attached hydrogen (secondary N) is 2. The third-order valence-electron chi connectivity index (χ3n) is 4.31. The molecule has 0 atom stereocenters. The molecule has 2 aromatic rings. The topological polar surface area (TPSA) is 56.3 Å². The predicted octanol–water partition coefficient (Wildman–Crippen LogP) is 3.10. The van der Waals surface area contributed by atoms with E-state index in [-0.39, 0.29) is 0 Å². The maximum Gasteiger partial charge on any atom is 0.136 e. The normalized spacial score (nSPS) is 14.2. The van der Waals surface area contributed by atoms with Gasteiger partial charge in [-0.2, -0.15) is 0 Å². The first-order valence-corrected chi connectivity index (χ1v) is 8.96. The van der Waals surface area contributed by atoms with Crippen LogP contribution in [0.25, 0.3) is 0 Å². The lowest BCUT2D eigenvalue weighted by atomic mass is 10.2. The van der Waals surface area contributed by atoms with Crippen LogP contribution in [0.3, 0.4) is 0 Å². The van der Waals surface area contributed by atoms with Crippen molar-refractivity contribution in [3.8, 4) is 0 Å². The summed E-state index contributed by atoms with van der Waals surface area (Å²) in [7, 11) is 4.12. The van der Waals surface area contributed by atoms with Gasteiger partial charge < -0.3 is 20.4 Å². The summed E-state index contributed by atoms with van der Waals surface area (Å²) < 4.78 is 0. The molecule has 0 amide bonds.